The van der Waals surface area contributed by atoms with E-state index in [-0.39, 0.29) is 0 Å². The molecule has 0 heterocycles. The fourth-order valence-electron chi connectivity index (χ4n) is 2.06. The molecule has 0 bridgehead atoms. The summed E-state index contributed by atoms with van der Waals surface area (Å²) >= 11 is 0. The van der Waals surface area contributed by atoms with Crippen LogP contribution >= 0.6 is 0 Å². The Bertz CT molecular complexity index is 123. The normalized spacial score (nSPS) is 15.2. The van der Waals surface area contributed by atoms with Crippen molar-refractivity contribution < 1.29 is 5.11 Å². The van der Waals surface area contributed by atoms with Crippen LogP contribution in [0.5, 0.6) is 0 Å². The van der Waals surface area contributed by atoms with Crippen LogP contribution in [0.2, 0.25) is 0 Å². The smallest absolute Gasteiger partial charge is 0.0456 e. The number of hydrogen-bond acceptors (Lipinski definition) is 1. The number of rotatable bonds is 10. The highest BCUT2D eigenvalue weighted by molar-refractivity contribution is 4.59. The molecule has 1 nitrogen and oxygen atoms in total. The van der Waals surface area contributed by atoms with E-state index in [0.29, 0.717) is 12.5 Å². The third-order valence-electron chi connectivity index (χ3n) is 3.41. The van der Waals surface area contributed by atoms with Gasteiger partial charge >= 0.3 is 0 Å². The first-order chi connectivity index (χ1) is 7.24. The van der Waals surface area contributed by atoms with Gasteiger partial charge < -0.3 is 5.11 Å². The Morgan fingerprint density at radius 2 is 1.53 bits per heavy atom. The lowest BCUT2D eigenvalue weighted by Crippen LogP contribution is -2.02. The molecule has 0 aromatic carbocycles. The van der Waals surface area contributed by atoms with E-state index in [1.807, 2.05) is 0 Å². The van der Waals surface area contributed by atoms with Crippen molar-refractivity contribution >= 4 is 0 Å². The SMILES string of the molecule is CCCC[C@@H](CC)CCCC[C@H](C)CO. The summed E-state index contributed by atoms with van der Waals surface area (Å²) in [6.45, 7) is 7.08. The second-order valence-corrected chi connectivity index (χ2v) is 4.99. The molecule has 2 atom stereocenters. The van der Waals surface area contributed by atoms with Gasteiger partial charge in [-0.2, -0.15) is 0 Å². The first-order valence-corrected chi connectivity index (χ1v) is 6.85. The average molecular weight is 214 g/mol. The Morgan fingerprint density at radius 3 is 2.07 bits per heavy atom. The molecule has 0 aliphatic carbocycles. The van der Waals surface area contributed by atoms with Crippen molar-refractivity contribution in [2.75, 3.05) is 6.61 Å². The van der Waals surface area contributed by atoms with Gasteiger partial charge in [-0.15, -0.1) is 0 Å². The monoisotopic (exact) mass is 214 g/mol. The highest BCUT2D eigenvalue weighted by Gasteiger charge is 2.06. The second-order valence-electron chi connectivity index (χ2n) is 4.99. The molecule has 0 rings (SSSR count). The van der Waals surface area contributed by atoms with Crippen molar-refractivity contribution in [2.45, 2.75) is 72.1 Å². The largest absolute Gasteiger partial charge is 0.396 e. The van der Waals surface area contributed by atoms with Gasteiger partial charge in [-0.3, -0.25) is 0 Å². The van der Waals surface area contributed by atoms with Gasteiger partial charge in [0.15, 0.2) is 0 Å². The Morgan fingerprint density at radius 1 is 0.933 bits per heavy atom. The maximum absolute atomic E-state index is 8.91. The summed E-state index contributed by atoms with van der Waals surface area (Å²) in [5.41, 5.74) is 0. The summed E-state index contributed by atoms with van der Waals surface area (Å²) < 4.78 is 0. The van der Waals surface area contributed by atoms with Crippen molar-refractivity contribution in [3.63, 3.8) is 0 Å². The van der Waals surface area contributed by atoms with E-state index in [1.165, 1.54) is 51.4 Å². The Balaban J connectivity index is 3.37. The number of unbranched alkanes of at least 4 members (excludes halogenated alkanes) is 2. The third-order valence-corrected chi connectivity index (χ3v) is 3.41. The maximum atomic E-state index is 8.91. The van der Waals surface area contributed by atoms with E-state index < -0.39 is 0 Å². The van der Waals surface area contributed by atoms with Gasteiger partial charge in [-0.1, -0.05) is 65.7 Å². The van der Waals surface area contributed by atoms with Gasteiger partial charge in [0.05, 0.1) is 0 Å². The van der Waals surface area contributed by atoms with E-state index in [0.717, 1.165) is 5.92 Å². The third kappa shape index (κ3) is 8.92. The van der Waals surface area contributed by atoms with Gasteiger partial charge in [0.25, 0.3) is 0 Å². The van der Waals surface area contributed by atoms with E-state index in [4.69, 9.17) is 5.11 Å². The fourth-order valence-corrected chi connectivity index (χ4v) is 2.06. The zero-order valence-corrected chi connectivity index (χ0v) is 11.0. The highest BCUT2D eigenvalue weighted by atomic mass is 16.3. The molecule has 0 aromatic rings. The minimum atomic E-state index is 0.354. The van der Waals surface area contributed by atoms with Crippen molar-refractivity contribution in [2.24, 2.45) is 11.8 Å². The zero-order valence-electron chi connectivity index (χ0n) is 11.0. The summed E-state index contributed by atoms with van der Waals surface area (Å²) in [7, 11) is 0. The molecule has 15 heavy (non-hydrogen) atoms. The molecule has 0 unspecified atom stereocenters. The molecular formula is C14H30O. The second kappa shape index (κ2) is 10.5. The molecule has 0 saturated heterocycles. The quantitative estimate of drug-likeness (QED) is 0.535. The Kier molecular flexibility index (Phi) is 10.4. The molecule has 0 radical (unpaired) electrons. The number of aliphatic hydroxyl groups is 1. The van der Waals surface area contributed by atoms with Crippen LogP contribution in [-0.2, 0) is 0 Å². The predicted octanol–water partition coefficient (Wildman–Crippen LogP) is 4.39. The van der Waals surface area contributed by atoms with Crippen LogP contribution in [0.3, 0.4) is 0 Å². The topological polar surface area (TPSA) is 20.2 Å². The zero-order chi connectivity index (χ0) is 11.5. The summed E-state index contributed by atoms with van der Waals surface area (Å²) in [6, 6.07) is 0. The Labute approximate surface area is 96.3 Å². The van der Waals surface area contributed by atoms with Crippen LogP contribution in [0.15, 0.2) is 0 Å². The fraction of sp³-hybridized carbons (Fsp3) is 1.00. The predicted molar refractivity (Wildman–Crippen MR) is 68.0 cm³/mol. The van der Waals surface area contributed by atoms with Crippen LogP contribution in [0, 0.1) is 11.8 Å². The minimum Gasteiger partial charge on any atom is -0.396 e. The van der Waals surface area contributed by atoms with Crippen LogP contribution in [0.1, 0.15) is 72.1 Å². The number of aliphatic hydroxyl groups excluding tert-OH is 1. The minimum absolute atomic E-state index is 0.354. The highest BCUT2D eigenvalue weighted by Crippen LogP contribution is 2.20. The average Bonchev–Trinajstić information content (AvgIpc) is 2.27. The summed E-state index contributed by atoms with van der Waals surface area (Å²) in [4.78, 5) is 0. The van der Waals surface area contributed by atoms with Crippen LogP contribution < -0.4 is 0 Å². The number of hydrogen-bond donors (Lipinski definition) is 1. The molecule has 0 spiro atoms. The van der Waals surface area contributed by atoms with Crippen LogP contribution in [0.4, 0.5) is 0 Å². The van der Waals surface area contributed by atoms with Crippen molar-refractivity contribution in [3.8, 4) is 0 Å². The molecule has 1 N–H and O–H groups in total. The molecule has 0 aliphatic rings. The first-order valence-electron chi connectivity index (χ1n) is 6.85. The lowest BCUT2D eigenvalue weighted by atomic mass is 9.92. The lowest BCUT2D eigenvalue weighted by molar-refractivity contribution is 0.226. The maximum Gasteiger partial charge on any atom is 0.0456 e. The summed E-state index contributed by atoms with van der Waals surface area (Å²) in [6.07, 6.45) is 10.7. The molecule has 0 amide bonds. The molecule has 0 aromatic heterocycles. The van der Waals surface area contributed by atoms with Crippen molar-refractivity contribution in [1.29, 1.82) is 0 Å². The van der Waals surface area contributed by atoms with Gasteiger partial charge in [0, 0.05) is 6.61 Å². The van der Waals surface area contributed by atoms with Gasteiger partial charge in [-0.25, -0.2) is 0 Å². The molecule has 1 heteroatoms. The van der Waals surface area contributed by atoms with E-state index >= 15 is 0 Å². The molecule has 92 valence electrons. The van der Waals surface area contributed by atoms with Crippen LogP contribution in [-0.4, -0.2) is 11.7 Å². The summed E-state index contributed by atoms with van der Waals surface area (Å²) in [5, 5.41) is 8.91. The molecule has 0 aliphatic heterocycles. The molecule has 0 fully saturated rings. The summed E-state index contributed by atoms with van der Waals surface area (Å²) in [5.74, 6) is 1.45. The van der Waals surface area contributed by atoms with Crippen molar-refractivity contribution in [1.82, 2.24) is 0 Å². The van der Waals surface area contributed by atoms with Gasteiger partial charge in [0.2, 0.25) is 0 Å². The standard InChI is InChI=1S/C14H30O/c1-4-6-10-14(5-2)11-8-7-9-13(3)12-15/h13-15H,4-12H2,1-3H3/t13-,14+/m0/s1. The molecule has 0 saturated carbocycles. The van der Waals surface area contributed by atoms with Crippen molar-refractivity contribution in [3.05, 3.63) is 0 Å². The van der Waals surface area contributed by atoms with Gasteiger partial charge in [-0.05, 0) is 18.3 Å². The molecular weight excluding hydrogens is 184 g/mol. The van der Waals surface area contributed by atoms with Crippen LogP contribution in [0.25, 0.3) is 0 Å². The van der Waals surface area contributed by atoms with E-state index in [9.17, 15) is 0 Å². The first kappa shape index (κ1) is 15.0. The Hall–Kier alpha value is -0.0400. The van der Waals surface area contributed by atoms with E-state index in [2.05, 4.69) is 20.8 Å². The van der Waals surface area contributed by atoms with E-state index in [1.54, 1.807) is 0 Å². The lowest BCUT2D eigenvalue weighted by Gasteiger charge is -2.14. The van der Waals surface area contributed by atoms with Gasteiger partial charge in [0.1, 0.15) is 0 Å².